The molecular formula is C16H14N2O. The second kappa shape index (κ2) is 5.08. The SMILES string of the molecule is OCc1ccccc1-n1cc(-c2ccccc2)cn1. The number of aliphatic hydroxyl groups excluding tert-OH is 1. The highest BCUT2D eigenvalue weighted by Crippen LogP contribution is 2.21. The first-order valence-corrected chi connectivity index (χ1v) is 6.18. The first-order chi connectivity index (χ1) is 9.38. The second-order valence-corrected chi connectivity index (χ2v) is 4.33. The van der Waals surface area contributed by atoms with Crippen molar-refractivity contribution in [3.63, 3.8) is 0 Å². The summed E-state index contributed by atoms with van der Waals surface area (Å²) in [5.74, 6) is 0. The molecule has 3 rings (SSSR count). The van der Waals surface area contributed by atoms with Gasteiger partial charge in [-0.15, -0.1) is 0 Å². The van der Waals surface area contributed by atoms with Crippen LogP contribution in [-0.4, -0.2) is 14.9 Å². The van der Waals surface area contributed by atoms with Gasteiger partial charge in [0.05, 0.1) is 18.5 Å². The van der Waals surface area contributed by atoms with Crippen molar-refractivity contribution in [1.82, 2.24) is 9.78 Å². The zero-order valence-corrected chi connectivity index (χ0v) is 10.4. The summed E-state index contributed by atoms with van der Waals surface area (Å²) in [5.41, 5.74) is 3.97. The van der Waals surface area contributed by atoms with Crippen LogP contribution in [0.3, 0.4) is 0 Å². The summed E-state index contributed by atoms with van der Waals surface area (Å²) in [6, 6.07) is 17.8. The Morgan fingerprint density at radius 2 is 1.63 bits per heavy atom. The maximum absolute atomic E-state index is 9.36. The molecular weight excluding hydrogens is 236 g/mol. The highest BCUT2D eigenvalue weighted by Gasteiger charge is 2.06. The highest BCUT2D eigenvalue weighted by molar-refractivity contribution is 5.62. The number of nitrogens with zero attached hydrogens (tertiary/aromatic N) is 2. The van der Waals surface area contributed by atoms with E-state index in [9.17, 15) is 5.11 Å². The largest absolute Gasteiger partial charge is 0.392 e. The molecule has 0 unspecified atom stereocenters. The monoisotopic (exact) mass is 250 g/mol. The normalized spacial score (nSPS) is 10.6. The molecule has 0 saturated heterocycles. The van der Waals surface area contributed by atoms with Gasteiger partial charge in [-0.25, -0.2) is 4.68 Å². The van der Waals surface area contributed by atoms with Gasteiger partial charge in [-0.3, -0.25) is 0 Å². The van der Waals surface area contributed by atoms with Gasteiger partial charge in [0, 0.05) is 17.3 Å². The lowest BCUT2D eigenvalue weighted by molar-refractivity contribution is 0.281. The minimum Gasteiger partial charge on any atom is -0.392 e. The molecule has 3 nitrogen and oxygen atoms in total. The van der Waals surface area contributed by atoms with Crippen molar-refractivity contribution < 1.29 is 5.11 Å². The van der Waals surface area contributed by atoms with Gasteiger partial charge >= 0.3 is 0 Å². The number of rotatable bonds is 3. The molecule has 1 heterocycles. The number of hydrogen-bond donors (Lipinski definition) is 1. The molecule has 19 heavy (non-hydrogen) atoms. The minimum absolute atomic E-state index is 0.0106. The van der Waals surface area contributed by atoms with Crippen molar-refractivity contribution in [3.05, 3.63) is 72.6 Å². The number of benzene rings is 2. The van der Waals surface area contributed by atoms with Crippen LogP contribution in [0.1, 0.15) is 5.56 Å². The molecule has 3 aromatic rings. The maximum Gasteiger partial charge on any atom is 0.0702 e. The summed E-state index contributed by atoms with van der Waals surface area (Å²) in [6.07, 6.45) is 3.81. The summed E-state index contributed by atoms with van der Waals surface area (Å²) in [5, 5.41) is 13.7. The summed E-state index contributed by atoms with van der Waals surface area (Å²) in [6.45, 7) is 0.0106. The van der Waals surface area contributed by atoms with E-state index in [0.29, 0.717) is 0 Å². The van der Waals surface area contributed by atoms with Crippen LogP contribution in [0.2, 0.25) is 0 Å². The molecule has 0 atom stereocenters. The lowest BCUT2D eigenvalue weighted by atomic mass is 10.1. The van der Waals surface area contributed by atoms with Gasteiger partial charge in [0.2, 0.25) is 0 Å². The standard InChI is InChI=1S/C16H14N2O/c19-12-14-8-4-5-9-16(14)18-11-15(10-17-18)13-6-2-1-3-7-13/h1-11,19H,12H2. The molecule has 0 aliphatic heterocycles. The lowest BCUT2D eigenvalue weighted by Crippen LogP contribution is -1.99. The van der Waals surface area contributed by atoms with Crippen LogP contribution in [-0.2, 0) is 6.61 Å². The lowest BCUT2D eigenvalue weighted by Gasteiger charge is -2.06. The third kappa shape index (κ3) is 2.28. The summed E-state index contributed by atoms with van der Waals surface area (Å²) < 4.78 is 1.80. The average Bonchev–Trinajstić information content (AvgIpc) is 2.98. The molecule has 0 spiro atoms. The first-order valence-electron chi connectivity index (χ1n) is 6.18. The van der Waals surface area contributed by atoms with Crippen LogP contribution in [0.5, 0.6) is 0 Å². The van der Waals surface area contributed by atoms with Crippen LogP contribution in [0, 0.1) is 0 Å². The van der Waals surface area contributed by atoms with Gasteiger partial charge in [0.1, 0.15) is 0 Å². The zero-order chi connectivity index (χ0) is 13.1. The van der Waals surface area contributed by atoms with Crippen LogP contribution >= 0.6 is 0 Å². The Hall–Kier alpha value is -2.39. The number of para-hydroxylation sites is 1. The van der Waals surface area contributed by atoms with E-state index >= 15 is 0 Å². The summed E-state index contributed by atoms with van der Waals surface area (Å²) in [4.78, 5) is 0. The molecule has 94 valence electrons. The number of aliphatic hydroxyl groups is 1. The Balaban J connectivity index is 2.02. The molecule has 1 aromatic heterocycles. The first kappa shape index (κ1) is 11.7. The van der Waals surface area contributed by atoms with Crippen molar-refractivity contribution in [2.24, 2.45) is 0 Å². The van der Waals surface area contributed by atoms with Crippen LogP contribution in [0.4, 0.5) is 0 Å². The molecule has 0 fully saturated rings. The average molecular weight is 250 g/mol. The molecule has 0 amide bonds. The van der Waals surface area contributed by atoms with Gasteiger partial charge in [-0.05, 0) is 11.6 Å². The Morgan fingerprint density at radius 3 is 2.42 bits per heavy atom. The molecule has 2 aromatic carbocycles. The van der Waals surface area contributed by atoms with Crippen molar-refractivity contribution >= 4 is 0 Å². The molecule has 3 heteroatoms. The fourth-order valence-electron chi connectivity index (χ4n) is 2.10. The topological polar surface area (TPSA) is 38.0 Å². The van der Waals surface area contributed by atoms with E-state index in [1.54, 1.807) is 4.68 Å². The predicted octanol–water partition coefficient (Wildman–Crippen LogP) is 3.03. The zero-order valence-electron chi connectivity index (χ0n) is 10.4. The van der Waals surface area contributed by atoms with E-state index in [1.807, 2.05) is 54.9 Å². The maximum atomic E-state index is 9.36. The van der Waals surface area contributed by atoms with Crippen molar-refractivity contribution in [2.75, 3.05) is 0 Å². The molecule has 1 N–H and O–H groups in total. The smallest absolute Gasteiger partial charge is 0.0702 e. The molecule has 0 aliphatic carbocycles. The van der Waals surface area contributed by atoms with E-state index in [0.717, 1.165) is 22.4 Å². The predicted molar refractivity (Wildman–Crippen MR) is 74.9 cm³/mol. The van der Waals surface area contributed by atoms with Crippen LogP contribution in [0.25, 0.3) is 16.8 Å². The second-order valence-electron chi connectivity index (χ2n) is 4.33. The summed E-state index contributed by atoms with van der Waals surface area (Å²) >= 11 is 0. The van der Waals surface area contributed by atoms with E-state index in [-0.39, 0.29) is 6.61 Å². The molecule has 0 saturated carbocycles. The highest BCUT2D eigenvalue weighted by atomic mass is 16.3. The Bertz CT molecular complexity index is 674. The van der Waals surface area contributed by atoms with Gasteiger partial charge in [-0.1, -0.05) is 48.5 Å². The van der Waals surface area contributed by atoms with Crippen LogP contribution < -0.4 is 0 Å². The Morgan fingerprint density at radius 1 is 0.895 bits per heavy atom. The van der Waals surface area contributed by atoms with E-state index in [1.165, 1.54) is 0 Å². The fraction of sp³-hybridized carbons (Fsp3) is 0.0625. The van der Waals surface area contributed by atoms with Gasteiger partial charge in [0.25, 0.3) is 0 Å². The van der Waals surface area contributed by atoms with Crippen molar-refractivity contribution in [2.45, 2.75) is 6.61 Å². The Labute approximate surface area is 111 Å². The van der Waals surface area contributed by atoms with E-state index in [4.69, 9.17) is 0 Å². The van der Waals surface area contributed by atoms with Crippen LogP contribution in [0.15, 0.2) is 67.0 Å². The molecule has 0 bridgehead atoms. The van der Waals surface area contributed by atoms with Gasteiger partial charge in [-0.2, -0.15) is 5.10 Å². The summed E-state index contributed by atoms with van der Waals surface area (Å²) in [7, 11) is 0. The molecule has 0 aliphatic rings. The third-order valence-corrected chi connectivity index (χ3v) is 3.10. The fourth-order valence-corrected chi connectivity index (χ4v) is 2.10. The number of aromatic nitrogens is 2. The third-order valence-electron chi connectivity index (χ3n) is 3.10. The van der Waals surface area contributed by atoms with E-state index < -0.39 is 0 Å². The Kier molecular flexibility index (Phi) is 3.12. The molecule has 0 radical (unpaired) electrons. The quantitative estimate of drug-likeness (QED) is 0.776. The van der Waals surface area contributed by atoms with Gasteiger partial charge < -0.3 is 5.11 Å². The van der Waals surface area contributed by atoms with Crippen molar-refractivity contribution in [3.8, 4) is 16.8 Å². The van der Waals surface area contributed by atoms with Gasteiger partial charge in [0.15, 0.2) is 0 Å². The van der Waals surface area contributed by atoms with Crippen molar-refractivity contribution in [1.29, 1.82) is 0 Å². The van der Waals surface area contributed by atoms with E-state index in [2.05, 4.69) is 17.2 Å². The minimum atomic E-state index is 0.0106. The number of hydrogen-bond acceptors (Lipinski definition) is 2.